The Kier molecular flexibility index (Phi) is 3.48. The summed E-state index contributed by atoms with van der Waals surface area (Å²) in [6.45, 7) is 5.29. The van der Waals surface area contributed by atoms with Crippen LogP contribution in [0.15, 0.2) is 35.1 Å². The Bertz CT molecular complexity index is 1110. The van der Waals surface area contributed by atoms with Gasteiger partial charge in [0.2, 0.25) is 11.9 Å². The van der Waals surface area contributed by atoms with Crippen LogP contribution in [0.2, 0.25) is 0 Å². The van der Waals surface area contributed by atoms with Crippen molar-refractivity contribution in [2.45, 2.75) is 26.4 Å². The smallest absolute Gasteiger partial charge is 0.240 e. The molecule has 3 heterocycles. The number of benzene rings is 1. The quantitative estimate of drug-likeness (QED) is 0.570. The zero-order valence-corrected chi connectivity index (χ0v) is 14.5. The summed E-state index contributed by atoms with van der Waals surface area (Å²) in [5.41, 5.74) is 6.92. The van der Waals surface area contributed by atoms with Gasteiger partial charge in [-0.3, -0.25) is 4.57 Å². The predicted molar refractivity (Wildman–Crippen MR) is 93.5 cm³/mol. The molecule has 1 atom stereocenters. The number of aryl methyl sites for hydroxylation is 2. The molecule has 1 unspecified atom stereocenters. The first-order valence-corrected chi connectivity index (χ1v) is 7.97. The molecule has 132 valence electrons. The summed E-state index contributed by atoms with van der Waals surface area (Å²) in [5, 5.41) is 15.0. The summed E-state index contributed by atoms with van der Waals surface area (Å²) in [6.07, 6.45) is 1.35. The highest BCUT2D eigenvalue weighted by atomic mass is 16.5. The van der Waals surface area contributed by atoms with E-state index in [-0.39, 0.29) is 5.95 Å². The molecule has 0 saturated heterocycles. The van der Waals surface area contributed by atoms with E-state index in [1.165, 1.54) is 6.33 Å². The van der Waals surface area contributed by atoms with Gasteiger partial charge in [0.1, 0.15) is 29.2 Å². The van der Waals surface area contributed by atoms with Gasteiger partial charge in [0.25, 0.3) is 0 Å². The van der Waals surface area contributed by atoms with Crippen LogP contribution in [-0.4, -0.2) is 34.8 Å². The minimum absolute atomic E-state index is 0.123. The third-order valence-corrected chi connectivity index (χ3v) is 4.29. The number of imidazole rings is 1. The highest BCUT2D eigenvalue weighted by molar-refractivity contribution is 5.79. The number of fused-ring (bicyclic) bond motifs is 1. The molecule has 4 rings (SSSR count). The van der Waals surface area contributed by atoms with Crippen molar-refractivity contribution < 1.29 is 9.63 Å². The van der Waals surface area contributed by atoms with E-state index in [2.05, 4.69) is 25.1 Å². The van der Waals surface area contributed by atoms with E-state index in [1.54, 1.807) is 24.5 Å². The highest BCUT2D eigenvalue weighted by Gasteiger charge is 2.30. The second-order valence-electron chi connectivity index (χ2n) is 6.24. The van der Waals surface area contributed by atoms with E-state index >= 15 is 0 Å². The number of nitrogens with two attached hydrogens (primary N) is 1. The molecule has 0 aliphatic heterocycles. The van der Waals surface area contributed by atoms with E-state index in [1.807, 2.05) is 25.1 Å². The van der Waals surface area contributed by atoms with Crippen molar-refractivity contribution in [1.82, 2.24) is 29.7 Å². The molecule has 0 fully saturated rings. The Hall–Kier alpha value is -3.33. The van der Waals surface area contributed by atoms with Crippen LogP contribution in [0.1, 0.15) is 29.8 Å². The molecular formula is C17H17N7O2. The van der Waals surface area contributed by atoms with E-state index in [9.17, 15) is 5.11 Å². The minimum atomic E-state index is -1.33. The third-order valence-electron chi connectivity index (χ3n) is 4.29. The van der Waals surface area contributed by atoms with Gasteiger partial charge >= 0.3 is 0 Å². The lowest BCUT2D eigenvalue weighted by Crippen LogP contribution is -2.23. The molecule has 0 bridgehead atoms. The lowest BCUT2D eigenvalue weighted by molar-refractivity contribution is 0.0933. The number of rotatable bonds is 3. The molecule has 0 saturated carbocycles. The molecule has 4 aromatic rings. The lowest BCUT2D eigenvalue weighted by Gasteiger charge is -2.21. The first kappa shape index (κ1) is 16.2. The van der Waals surface area contributed by atoms with Crippen molar-refractivity contribution in [2.75, 3.05) is 5.73 Å². The fourth-order valence-corrected chi connectivity index (χ4v) is 2.90. The standard InChI is InChI=1S/C17H17N7O2/c1-9-6-14(23-26-9)17(3,25)11-4-5-12-13(7-11)24(10(2)21-12)16-20-8-19-15(18)22-16/h4-8,25H,1-3H3,(H2,18,19,20,22). The molecule has 9 heteroatoms. The SMILES string of the molecule is Cc1cc(C(C)(O)c2ccc3nc(C)n(-c4ncnc(N)n4)c3c2)no1. The number of hydrogen-bond donors (Lipinski definition) is 2. The molecule has 9 nitrogen and oxygen atoms in total. The zero-order valence-electron chi connectivity index (χ0n) is 14.5. The van der Waals surface area contributed by atoms with Gasteiger partial charge in [0.05, 0.1) is 11.0 Å². The number of nitrogens with zero attached hydrogens (tertiary/aromatic N) is 6. The monoisotopic (exact) mass is 351 g/mol. The van der Waals surface area contributed by atoms with Gasteiger partial charge in [-0.1, -0.05) is 11.2 Å². The van der Waals surface area contributed by atoms with Crippen LogP contribution in [0.5, 0.6) is 0 Å². The first-order valence-electron chi connectivity index (χ1n) is 7.97. The van der Waals surface area contributed by atoms with Crippen LogP contribution in [0.3, 0.4) is 0 Å². The minimum Gasteiger partial charge on any atom is -0.379 e. The molecule has 0 aliphatic rings. The average Bonchev–Trinajstić information content (AvgIpc) is 3.17. The Morgan fingerprint density at radius 1 is 1.15 bits per heavy atom. The van der Waals surface area contributed by atoms with Gasteiger partial charge < -0.3 is 15.4 Å². The summed E-state index contributed by atoms with van der Waals surface area (Å²) >= 11 is 0. The molecule has 3 aromatic heterocycles. The first-order chi connectivity index (χ1) is 12.4. The van der Waals surface area contributed by atoms with Crippen LogP contribution >= 0.6 is 0 Å². The van der Waals surface area contributed by atoms with E-state index in [4.69, 9.17) is 10.3 Å². The van der Waals surface area contributed by atoms with Gasteiger partial charge in [-0.25, -0.2) is 15.0 Å². The summed E-state index contributed by atoms with van der Waals surface area (Å²) in [6, 6.07) is 7.18. The maximum Gasteiger partial charge on any atom is 0.240 e. The fraction of sp³-hybridized carbons (Fsp3) is 0.235. The van der Waals surface area contributed by atoms with E-state index < -0.39 is 5.60 Å². The van der Waals surface area contributed by atoms with Crippen molar-refractivity contribution in [1.29, 1.82) is 0 Å². The predicted octanol–water partition coefficient (Wildman–Crippen LogP) is 1.65. The van der Waals surface area contributed by atoms with Crippen LogP contribution in [0.4, 0.5) is 5.95 Å². The third kappa shape index (κ3) is 2.49. The summed E-state index contributed by atoms with van der Waals surface area (Å²) in [4.78, 5) is 16.7. The second-order valence-corrected chi connectivity index (χ2v) is 6.24. The molecular weight excluding hydrogens is 334 g/mol. The van der Waals surface area contributed by atoms with Crippen LogP contribution in [0.25, 0.3) is 17.0 Å². The van der Waals surface area contributed by atoms with Crippen LogP contribution in [0, 0.1) is 13.8 Å². The van der Waals surface area contributed by atoms with Gasteiger partial charge in [-0.15, -0.1) is 0 Å². The van der Waals surface area contributed by atoms with Gasteiger partial charge in [0, 0.05) is 6.07 Å². The van der Waals surface area contributed by atoms with Crippen LogP contribution < -0.4 is 5.73 Å². The molecule has 26 heavy (non-hydrogen) atoms. The van der Waals surface area contributed by atoms with Crippen molar-refractivity contribution in [2.24, 2.45) is 0 Å². The molecule has 0 amide bonds. The summed E-state index contributed by atoms with van der Waals surface area (Å²) in [5.74, 6) is 1.81. The van der Waals surface area contributed by atoms with E-state index in [0.29, 0.717) is 28.8 Å². The summed E-state index contributed by atoms with van der Waals surface area (Å²) in [7, 11) is 0. The molecule has 0 aliphatic carbocycles. The topological polar surface area (TPSA) is 129 Å². The van der Waals surface area contributed by atoms with Crippen molar-refractivity contribution in [3.8, 4) is 5.95 Å². The van der Waals surface area contributed by atoms with Gasteiger partial charge in [-0.2, -0.15) is 4.98 Å². The Morgan fingerprint density at radius 3 is 2.65 bits per heavy atom. The Balaban J connectivity index is 1.91. The van der Waals surface area contributed by atoms with E-state index in [0.717, 1.165) is 11.0 Å². The van der Waals surface area contributed by atoms with Crippen molar-refractivity contribution in [3.63, 3.8) is 0 Å². The molecule has 3 N–H and O–H groups in total. The average molecular weight is 351 g/mol. The number of aliphatic hydroxyl groups is 1. The lowest BCUT2D eigenvalue weighted by atomic mass is 9.92. The van der Waals surface area contributed by atoms with Crippen LogP contribution in [-0.2, 0) is 5.60 Å². The number of aromatic nitrogens is 6. The number of hydrogen-bond acceptors (Lipinski definition) is 8. The van der Waals surface area contributed by atoms with Crippen molar-refractivity contribution in [3.05, 3.63) is 53.4 Å². The summed E-state index contributed by atoms with van der Waals surface area (Å²) < 4.78 is 6.87. The normalized spacial score (nSPS) is 13.8. The number of anilines is 1. The fourth-order valence-electron chi connectivity index (χ4n) is 2.90. The Morgan fingerprint density at radius 2 is 1.96 bits per heavy atom. The highest BCUT2D eigenvalue weighted by Crippen LogP contribution is 2.31. The Labute approximate surface area is 148 Å². The second kappa shape index (κ2) is 5.60. The van der Waals surface area contributed by atoms with Gasteiger partial charge in [0.15, 0.2) is 0 Å². The van der Waals surface area contributed by atoms with Gasteiger partial charge in [-0.05, 0) is 38.5 Å². The largest absolute Gasteiger partial charge is 0.379 e. The zero-order chi connectivity index (χ0) is 18.5. The van der Waals surface area contributed by atoms with Crippen molar-refractivity contribution >= 4 is 17.0 Å². The maximum absolute atomic E-state index is 11.0. The maximum atomic E-state index is 11.0. The molecule has 0 radical (unpaired) electrons. The molecule has 0 spiro atoms. The molecule has 1 aromatic carbocycles. The number of nitrogen functional groups attached to an aromatic ring is 1.